The van der Waals surface area contributed by atoms with Crippen LogP contribution in [-0.4, -0.2) is 33.8 Å². The summed E-state index contributed by atoms with van der Waals surface area (Å²) in [5.41, 5.74) is 11.1. The fourth-order valence-electron chi connectivity index (χ4n) is 6.37. The normalized spacial score (nSPS) is 10.7. The van der Waals surface area contributed by atoms with E-state index in [2.05, 4.69) is 10.6 Å². The van der Waals surface area contributed by atoms with Crippen molar-refractivity contribution in [3.05, 3.63) is 165 Å². The zero-order chi connectivity index (χ0) is 40.2. The van der Waals surface area contributed by atoms with Crippen LogP contribution in [0.2, 0.25) is 0 Å². The van der Waals surface area contributed by atoms with Crippen LogP contribution in [-0.2, 0) is 58.5 Å². The van der Waals surface area contributed by atoms with Crippen LogP contribution in [0.1, 0.15) is 69.5 Å². The van der Waals surface area contributed by atoms with E-state index in [1.165, 1.54) is 0 Å². The van der Waals surface area contributed by atoms with Crippen LogP contribution in [0.4, 0.5) is 21.0 Å². The lowest BCUT2D eigenvalue weighted by molar-refractivity contribution is -0.130. The number of ether oxygens (including phenoxy) is 2. The summed E-state index contributed by atoms with van der Waals surface area (Å²) in [5, 5.41) is 5.55. The number of hydrogen-bond donors (Lipinski definition) is 2. The van der Waals surface area contributed by atoms with Crippen LogP contribution in [0, 0.1) is 27.7 Å². The lowest BCUT2D eigenvalue weighted by Crippen LogP contribution is -2.28. The molecule has 10 heteroatoms. The largest absolute Gasteiger partial charge is 0.444 e. The average Bonchev–Trinajstić information content (AvgIpc) is 3.13. The van der Waals surface area contributed by atoms with Crippen molar-refractivity contribution in [1.82, 2.24) is 9.80 Å². The molecule has 0 aromatic heterocycles. The number of aryl methyl sites for hydroxylation is 4. The predicted octanol–water partition coefficient (Wildman–Crippen LogP) is 9.52. The predicted molar refractivity (Wildman–Crippen MR) is 219 cm³/mol. The molecular formula is C46H50N4O6. The number of carbonyl (C=O) groups excluding carboxylic acids is 4. The van der Waals surface area contributed by atoms with Gasteiger partial charge >= 0.3 is 12.2 Å². The Morgan fingerprint density at radius 2 is 0.679 bits per heavy atom. The second-order valence-corrected chi connectivity index (χ2v) is 14.4. The first-order valence-electron chi connectivity index (χ1n) is 18.6. The molecule has 0 fully saturated rings. The Labute approximate surface area is 329 Å². The number of hydrogen-bond acceptors (Lipinski definition) is 6. The number of nitrogens with zero attached hydrogens (tertiary/aromatic N) is 2. The minimum atomic E-state index is -0.521. The van der Waals surface area contributed by atoms with Crippen molar-refractivity contribution in [1.29, 1.82) is 0 Å². The molecule has 0 aliphatic heterocycles. The maximum absolute atomic E-state index is 12.6. The molecule has 10 nitrogen and oxygen atoms in total. The highest BCUT2D eigenvalue weighted by molar-refractivity contribution is 5.85. The molecule has 0 bridgehead atoms. The van der Waals surface area contributed by atoms with Crippen LogP contribution in [0.15, 0.2) is 109 Å². The van der Waals surface area contributed by atoms with E-state index >= 15 is 0 Å². The minimum absolute atomic E-state index is 0.0505. The molecule has 0 unspecified atom stereocenters. The molecule has 4 amide bonds. The summed E-state index contributed by atoms with van der Waals surface area (Å²) in [6, 6.07) is 34.9. The number of carbonyl (C=O) groups is 4. The average molecular weight is 755 g/mol. The molecule has 0 spiro atoms. The second-order valence-electron chi connectivity index (χ2n) is 14.4. The molecule has 2 N–H and O–H groups in total. The number of rotatable bonds is 14. The van der Waals surface area contributed by atoms with E-state index in [-0.39, 0.29) is 25.0 Å². The Kier molecular flexibility index (Phi) is 14.0. The van der Waals surface area contributed by atoms with E-state index in [9.17, 15) is 19.2 Å². The maximum atomic E-state index is 12.6. The van der Waals surface area contributed by atoms with Gasteiger partial charge in [0, 0.05) is 51.4 Å². The first kappa shape index (κ1) is 40.8. The van der Waals surface area contributed by atoms with E-state index in [4.69, 9.17) is 9.47 Å². The minimum Gasteiger partial charge on any atom is -0.444 e. The van der Waals surface area contributed by atoms with Gasteiger partial charge in [-0.25, -0.2) is 9.59 Å². The summed E-state index contributed by atoms with van der Waals surface area (Å²) in [5.74, 6) is -0.101. The van der Waals surface area contributed by atoms with E-state index in [0.29, 0.717) is 37.6 Å². The maximum Gasteiger partial charge on any atom is 0.411 e. The van der Waals surface area contributed by atoms with Crippen molar-refractivity contribution in [3.8, 4) is 0 Å². The first-order valence-corrected chi connectivity index (χ1v) is 18.6. The van der Waals surface area contributed by atoms with Gasteiger partial charge in [-0.05, 0) is 108 Å². The molecule has 0 saturated carbocycles. The van der Waals surface area contributed by atoms with Crippen LogP contribution >= 0.6 is 0 Å². The van der Waals surface area contributed by atoms with E-state index in [0.717, 1.165) is 55.6 Å². The Morgan fingerprint density at radius 1 is 0.429 bits per heavy atom. The standard InChI is InChI=1S/C46H50N4O6/c1-31-19-32(2)22-43(21-31)47-45(53)55-29-41-15-11-39(12-16-41)27-49(35(5)51)25-37-7-9-38(10-8-37)26-50(36(6)52)28-40-13-17-42(18-14-40)30-56-46(54)48-44-23-33(3)20-34(4)24-44/h7-24H,25-30H2,1-6H3,(H,47,53)(H,48,54). The number of nitrogens with one attached hydrogen (secondary N) is 2. The van der Waals surface area contributed by atoms with Gasteiger partial charge in [0.05, 0.1) is 0 Å². The smallest absolute Gasteiger partial charge is 0.411 e. The quantitative estimate of drug-likeness (QED) is 0.117. The van der Waals surface area contributed by atoms with Crippen molar-refractivity contribution >= 4 is 35.4 Å². The lowest BCUT2D eigenvalue weighted by Gasteiger charge is -2.23. The van der Waals surface area contributed by atoms with Crippen molar-refractivity contribution in [2.24, 2.45) is 0 Å². The van der Waals surface area contributed by atoms with Crippen molar-refractivity contribution < 1.29 is 28.7 Å². The number of benzene rings is 5. The summed E-state index contributed by atoms with van der Waals surface area (Å²) >= 11 is 0. The zero-order valence-corrected chi connectivity index (χ0v) is 33.0. The molecule has 0 aliphatic carbocycles. The third-order valence-electron chi connectivity index (χ3n) is 9.13. The highest BCUT2D eigenvalue weighted by Gasteiger charge is 2.14. The summed E-state index contributed by atoms with van der Waals surface area (Å²) in [6.45, 7) is 13.0. The van der Waals surface area contributed by atoms with Gasteiger partial charge in [-0.15, -0.1) is 0 Å². The van der Waals surface area contributed by atoms with E-state index < -0.39 is 12.2 Å². The molecule has 0 atom stereocenters. The zero-order valence-electron chi connectivity index (χ0n) is 33.0. The highest BCUT2D eigenvalue weighted by Crippen LogP contribution is 2.19. The lowest BCUT2D eigenvalue weighted by atomic mass is 10.1. The molecule has 5 aromatic carbocycles. The Bertz CT molecular complexity index is 1950. The third-order valence-corrected chi connectivity index (χ3v) is 9.13. The van der Waals surface area contributed by atoms with Crippen LogP contribution < -0.4 is 10.6 Å². The molecule has 5 aromatic rings. The van der Waals surface area contributed by atoms with Gasteiger partial charge in [-0.2, -0.15) is 0 Å². The monoisotopic (exact) mass is 754 g/mol. The molecule has 0 radical (unpaired) electrons. The SMILES string of the molecule is CC(=O)N(Cc1ccc(COC(=O)Nc2cc(C)cc(C)c2)cc1)Cc1ccc(CN(Cc2ccc(COC(=O)Nc3cc(C)cc(C)c3)cc2)C(C)=O)cc1. The van der Waals surface area contributed by atoms with E-state index in [1.807, 2.05) is 137 Å². The topological polar surface area (TPSA) is 117 Å². The summed E-state index contributed by atoms with van der Waals surface area (Å²) < 4.78 is 10.8. The molecule has 0 heterocycles. The summed E-state index contributed by atoms with van der Waals surface area (Å²) in [6.07, 6.45) is -1.04. The van der Waals surface area contributed by atoms with Crippen molar-refractivity contribution in [2.45, 2.75) is 80.9 Å². The third kappa shape index (κ3) is 12.9. The molecule has 0 aliphatic rings. The van der Waals surface area contributed by atoms with Gasteiger partial charge in [0.25, 0.3) is 0 Å². The Hall–Kier alpha value is -6.42. The second kappa shape index (κ2) is 19.3. The Balaban J connectivity index is 1.08. The fraction of sp³-hybridized carbons (Fsp3) is 0.261. The van der Waals surface area contributed by atoms with Crippen LogP contribution in [0.25, 0.3) is 0 Å². The summed E-state index contributed by atoms with van der Waals surface area (Å²) in [7, 11) is 0. The van der Waals surface area contributed by atoms with Gasteiger partial charge in [0.15, 0.2) is 0 Å². The molecular weight excluding hydrogens is 705 g/mol. The molecule has 5 rings (SSSR count). The van der Waals surface area contributed by atoms with Gasteiger partial charge < -0.3 is 19.3 Å². The molecule has 290 valence electrons. The Morgan fingerprint density at radius 3 is 0.929 bits per heavy atom. The van der Waals surface area contributed by atoms with Gasteiger partial charge in [-0.3, -0.25) is 20.2 Å². The van der Waals surface area contributed by atoms with Crippen LogP contribution in [0.3, 0.4) is 0 Å². The fourth-order valence-corrected chi connectivity index (χ4v) is 6.37. The number of amides is 4. The van der Waals surface area contributed by atoms with Gasteiger partial charge in [0.1, 0.15) is 13.2 Å². The molecule has 0 saturated heterocycles. The molecule has 56 heavy (non-hydrogen) atoms. The van der Waals surface area contributed by atoms with E-state index in [1.54, 1.807) is 23.6 Å². The van der Waals surface area contributed by atoms with Crippen molar-refractivity contribution in [3.63, 3.8) is 0 Å². The number of anilines is 2. The van der Waals surface area contributed by atoms with Crippen LogP contribution in [0.5, 0.6) is 0 Å². The van der Waals surface area contributed by atoms with Crippen molar-refractivity contribution in [2.75, 3.05) is 10.6 Å². The van der Waals surface area contributed by atoms with Gasteiger partial charge in [-0.1, -0.05) is 84.9 Å². The summed E-state index contributed by atoms with van der Waals surface area (Å²) in [4.78, 5) is 53.4. The highest BCUT2D eigenvalue weighted by atomic mass is 16.6. The van der Waals surface area contributed by atoms with Gasteiger partial charge in [0.2, 0.25) is 11.8 Å². The first-order chi connectivity index (χ1) is 26.8.